The smallest absolute Gasteiger partial charge is 0.335 e. The molecule has 0 spiro atoms. The zero-order chi connectivity index (χ0) is 13.3. The van der Waals surface area contributed by atoms with Crippen molar-refractivity contribution in [3.8, 4) is 0 Å². The lowest BCUT2D eigenvalue weighted by atomic mass is 10.1. The van der Waals surface area contributed by atoms with Crippen molar-refractivity contribution in [3.63, 3.8) is 0 Å². The molecule has 1 N–H and O–H groups in total. The number of carbonyl (C=O) groups excluding carboxylic acids is 1. The zero-order valence-corrected chi connectivity index (χ0v) is 10.4. The SMILES string of the molecule is C/C=C(\C=C(/C)C=O)C/C=C\C(=C/C)C(=O)O. The van der Waals surface area contributed by atoms with Crippen molar-refractivity contribution in [3.05, 3.63) is 47.1 Å². The number of carboxylic acids is 1. The van der Waals surface area contributed by atoms with Gasteiger partial charge in [0.2, 0.25) is 0 Å². The monoisotopic (exact) mass is 234 g/mol. The summed E-state index contributed by atoms with van der Waals surface area (Å²) in [6.07, 6.45) is 9.96. The Hall–Kier alpha value is -1.90. The summed E-state index contributed by atoms with van der Waals surface area (Å²) >= 11 is 0. The van der Waals surface area contributed by atoms with Crippen molar-refractivity contribution >= 4 is 12.3 Å². The van der Waals surface area contributed by atoms with Crippen LogP contribution < -0.4 is 0 Å². The minimum Gasteiger partial charge on any atom is -0.478 e. The van der Waals surface area contributed by atoms with Gasteiger partial charge >= 0.3 is 5.97 Å². The van der Waals surface area contributed by atoms with Gasteiger partial charge in [-0.05, 0) is 38.3 Å². The van der Waals surface area contributed by atoms with Crippen LogP contribution in [-0.2, 0) is 9.59 Å². The molecular weight excluding hydrogens is 216 g/mol. The average molecular weight is 234 g/mol. The van der Waals surface area contributed by atoms with Gasteiger partial charge in [0.15, 0.2) is 0 Å². The number of allylic oxidation sites excluding steroid dienone is 6. The molecule has 0 heterocycles. The van der Waals surface area contributed by atoms with Gasteiger partial charge in [-0.3, -0.25) is 4.79 Å². The van der Waals surface area contributed by atoms with Crippen LogP contribution in [0.25, 0.3) is 0 Å². The molecular formula is C14H18O3. The third-order valence-corrected chi connectivity index (χ3v) is 2.18. The van der Waals surface area contributed by atoms with E-state index >= 15 is 0 Å². The molecule has 0 radical (unpaired) electrons. The molecule has 17 heavy (non-hydrogen) atoms. The van der Waals surface area contributed by atoms with Gasteiger partial charge in [-0.1, -0.05) is 30.4 Å². The molecule has 0 aliphatic carbocycles. The fourth-order valence-corrected chi connectivity index (χ4v) is 1.20. The van der Waals surface area contributed by atoms with E-state index in [9.17, 15) is 9.59 Å². The Morgan fingerprint density at radius 2 is 1.88 bits per heavy atom. The number of carbonyl (C=O) groups is 2. The molecule has 0 bridgehead atoms. The summed E-state index contributed by atoms with van der Waals surface area (Å²) in [7, 11) is 0. The average Bonchev–Trinajstić information content (AvgIpc) is 2.32. The minimum atomic E-state index is -0.939. The molecule has 0 fully saturated rings. The Balaban J connectivity index is 4.60. The van der Waals surface area contributed by atoms with Gasteiger partial charge in [0.05, 0.1) is 5.57 Å². The van der Waals surface area contributed by atoms with Crippen LogP contribution in [0.3, 0.4) is 0 Å². The van der Waals surface area contributed by atoms with E-state index in [0.29, 0.717) is 12.0 Å². The van der Waals surface area contributed by atoms with Gasteiger partial charge in [-0.25, -0.2) is 4.79 Å². The fourth-order valence-electron chi connectivity index (χ4n) is 1.20. The van der Waals surface area contributed by atoms with Crippen LogP contribution in [-0.4, -0.2) is 17.4 Å². The summed E-state index contributed by atoms with van der Waals surface area (Å²) in [5.74, 6) is -0.939. The lowest BCUT2D eigenvalue weighted by Gasteiger charge is -1.97. The molecule has 0 amide bonds. The number of carboxylic acid groups (broad SMARTS) is 1. The summed E-state index contributed by atoms with van der Waals surface area (Å²) < 4.78 is 0. The normalized spacial score (nSPS) is 14.2. The molecule has 0 saturated carbocycles. The molecule has 0 aromatic heterocycles. The van der Waals surface area contributed by atoms with Crippen molar-refractivity contribution in [2.75, 3.05) is 0 Å². The fraction of sp³-hybridized carbons (Fsp3) is 0.286. The topological polar surface area (TPSA) is 54.4 Å². The molecule has 0 aliphatic heterocycles. The standard InChI is InChI=1S/C14H18O3/c1-4-12(9-11(3)10-15)7-6-8-13(5-2)14(16)17/h4-6,8-10H,7H2,1-3H3,(H,16,17)/b8-6-,11-9+,12-4-,13-5+. The highest BCUT2D eigenvalue weighted by atomic mass is 16.4. The second kappa shape index (κ2) is 8.28. The van der Waals surface area contributed by atoms with E-state index in [4.69, 9.17) is 5.11 Å². The third-order valence-electron chi connectivity index (χ3n) is 2.18. The maximum Gasteiger partial charge on any atom is 0.335 e. The largest absolute Gasteiger partial charge is 0.478 e. The Bertz CT molecular complexity index is 396. The molecule has 0 atom stereocenters. The molecule has 0 aliphatic rings. The Morgan fingerprint density at radius 3 is 2.29 bits per heavy atom. The maximum atomic E-state index is 10.7. The van der Waals surface area contributed by atoms with E-state index in [-0.39, 0.29) is 5.57 Å². The Morgan fingerprint density at radius 1 is 1.24 bits per heavy atom. The predicted molar refractivity (Wildman–Crippen MR) is 68.7 cm³/mol. The molecule has 92 valence electrons. The summed E-state index contributed by atoms with van der Waals surface area (Å²) in [5, 5.41) is 8.79. The Kier molecular flexibility index (Phi) is 7.35. The van der Waals surface area contributed by atoms with Crippen LogP contribution in [0.2, 0.25) is 0 Å². The molecule has 0 unspecified atom stereocenters. The second-order valence-corrected chi connectivity index (χ2v) is 3.53. The summed E-state index contributed by atoms with van der Waals surface area (Å²) in [4.78, 5) is 21.2. The highest BCUT2D eigenvalue weighted by Crippen LogP contribution is 2.08. The lowest BCUT2D eigenvalue weighted by Crippen LogP contribution is -1.96. The van der Waals surface area contributed by atoms with Crippen molar-refractivity contribution in [1.82, 2.24) is 0 Å². The van der Waals surface area contributed by atoms with Gasteiger partial charge in [-0.15, -0.1) is 0 Å². The first-order valence-corrected chi connectivity index (χ1v) is 5.40. The van der Waals surface area contributed by atoms with E-state index in [0.717, 1.165) is 11.9 Å². The first-order chi connectivity index (χ1) is 8.04. The van der Waals surface area contributed by atoms with Crippen molar-refractivity contribution in [2.24, 2.45) is 0 Å². The van der Waals surface area contributed by atoms with Crippen molar-refractivity contribution < 1.29 is 14.7 Å². The second-order valence-electron chi connectivity index (χ2n) is 3.53. The van der Waals surface area contributed by atoms with Crippen LogP contribution in [0.15, 0.2) is 47.1 Å². The van der Waals surface area contributed by atoms with Crippen LogP contribution in [0.4, 0.5) is 0 Å². The molecule has 0 rings (SSSR count). The summed E-state index contributed by atoms with van der Waals surface area (Å²) in [5.41, 5.74) is 1.89. The van der Waals surface area contributed by atoms with Gasteiger partial charge in [0.1, 0.15) is 6.29 Å². The first-order valence-electron chi connectivity index (χ1n) is 5.40. The molecule has 0 aromatic carbocycles. The number of rotatable bonds is 6. The lowest BCUT2D eigenvalue weighted by molar-refractivity contribution is -0.132. The molecule has 0 aromatic rings. The van der Waals surface area contributed by atoms with E-state index in [1.54, 1.807) is 38.2 Å². The molecule has 0 saturated heterocycles. The maximum absolute atomic E-state index is 10.7. The van der Waals surface area contributed by atoms with E-state index in [2.05, 4.69) is 0 Å². The van der Waals surface area contributed by atoms with Crippen LogP contribution in [0, 0.1) is 0 Å². The number of aldehydes is 1. The van der Waals surface area contributed by atoms with Crippen LogP contribution in [0.1, 0.15) is 27.2 Å². The first kappa shape index (κ1) is 15.1. The number of hydrogen-bond donors (Lipinski definition) is 1. The van der Waals surface area contributed by atoms with Gasteiger partial charge in [0, 0.05) is 0 Å². The number of hydrogen-bond acceptors (Lipinski definition) is 2. The van der Waals surface area contributed by atoms with Crippen molar-refractivity contribution in [1.29, 1.82) is 0 Å². The summed E-state index contributed by atoms with van der Waals surface area (Å²) in [6, 6.07) is 0. The molecule has 3 nitrogen and oxygen atoms in total. The highest BCUT2D eigenvalue weighted by Gasteiger charge is 1.99. The quantitative estimate of drug-likeness (QED) is 0.436. The number of aliphatic carboxylic acids is 1. The predicted octanol–water partition coefficient (Wildman–Crippen LogP) is 3.06. The summed E-state index contributed by atoms with van der Waals surface area (Å²) in [6.45, 7) is 5.29. The van der Waals surface area contributed by atoms with E-state index < -0.39 is 5.97 Å². The minimum absolute atomic E-state index is 0.261. The van der Waals surface area contributed by atoms with Gasteiger partial charge < -0.3 is 5.11 Å². The highest BCUT2D eigenvalue weighted by molar-refractivity contribution is 5.89. The molecule has 3 heteroatoms. The van der Waals surface area contributed by atoms with E-state index in [1.807, 2.05) is 13.0 Å². The van der Waals surface area contributed by atoms with Crippen LogP contribution >= 0.6 is 0 Å². The van der Waals surface area contributed by atoms with Crippen molar-refractivity contribution in [2.45, 2.75) is 27.2 Å². The zero-order valence-electron chi connectivity index (χ0n) is 10.4. The third kappa shape index (κ3) is 6.30. The Labute approximate surface area is 102 Å². The van der Waals surface area contributed by atoms with Gasteiger partial charge in [0.25, 0.3) is 0 Å². The van der Waals surface area contributed by atoms with Gasteiger partial charge in [-0.2, -0.15) is 0 Å². The van der Waals surface area contributed by atoms with Crippen LogP contribution in [0.5, 0.6) is 0 Å². The van der Waals surface area contributed by atoms with E-state index in [1.165, 1.54) is 0 Å².